The van der Waals surface area contributed by atoms with E-state index in [0.29, 0.717) is 5.56 Å². The molecule has 0 saturated heterocycles. The number of nitrogens with zero attached hydrogens (tertiary/aromatic N) is 3. The monoisotopic (exact) mass is 369 g/mol. The summed E-state index contributed by atoms with van der Waals surface area (Å²) in [6.07, 6.45) is 3.35. The third-order valence-corrected chi connectivity index (χ3v) is 4.31. The van der Waals surface area contributed by atoms with Crippen LogP contribution >= 0.6 is 11.3 Å². The molecule has 7 heteroatoms. The Morgan fingerprint density at radius 1 is 1.27 bits per heavy atom. The number of benzene rings is 1. The average molecular weight is 369 g/mol. The maximum absolute atomic E-state index is 11.5. The summed E-state index contributed by atoms with van der Waals surface area (Å²) in [5, 5.41) is 6.54. The van der Waals surface area contributed by atoms with Crippen LogP contribution in [0.2, 0.25) is 0 Å². The summed E-state index contributed by atoms with van der Waals surface area (Å²) < 4.78 is 12.0. The second-order valence-electron chi connectivity index (χ2n) is 5.77. The van der Waals surface area contributed by atoms with Gasteiger partial charge >= 0.3 is 5.97 Å². The lowest BCUT2D eigenvalue weighted by Crippen LogP contribution is -2.14. The quantitative estimate of drug-likeness (QED) is 0.507. The van der Waals surface area contributed by atoms with E-state index in [4.69, 9.17) is 9.15 Å². The van der Waals surface area contributed by atoms with E-state index in [0.717, 1.165) is 21.8 Å². The van der Waals surface area contributed by atoms with Crippen LogP contribution in [0.4, 0.5) is 0 Å². The van der Waals surface area contributed by atoms with E-state index < -0.39 is 0 Å². The van der Waals surface area contributed by atoms with Gasteiger partial charge in [0.1, 0.15) is 5.69 Å². The maximum atomic E-state index is 11.5. The van der Waals surface area contributed by atoms with Crippen molar-refractivity contribution in [2.45, 2.75) is 19.9 Å². The molecule has 0 saturated carbocycles. The van der Waals surface area contributed by atoms with Gasteiger partial charge in [-0.25, -0.2) is 9.47 Å². The van der Waals surface area contributed by atoms with Crippen LogP contribution in [0.25, 0.3) is 11.5 Å². The van der Waals surface area contributed by atoms with Gasteiger partial charge in [0.15, 0.2) is 5.76 Å². The highest BCUT2D eigenvalue weighted by molar-refractivity contribution is 7.07. The maximum Gasteiger partial charge on any atom is 0.337 e. The van der Waals surface area contributed by atoms with Gasteiger partial charge in [-0.05, 0) is 43.7 Å². The summed E-state index contributed by atoms with van der Waals surface area (Å²) in [6.45, 7) is 4.04. The molecule has 0 bridgehead atoms. The van der Waals surface area contributed by atoms with E-state index in [1.165, 1.54) is 18.4 Å². The molecule has 0 aliphatic heterocycles. The minimum Gasteiger partial charge on any atom is -0.465 e. The van der Waals surface area contributed by atoms with Crippen molar-refractivity contribution in [2.24, 2.45) is 10.1 Å². The number of rotatable bonds is 5. The zero-order chi connectivity index (χ0) is 18.5. The van der Waals surface area contributed by atoms with E-state index in [-0.39, 0.29) is 12.0 Å². The fourth-order valence-electron chi connectivity index (χ4n) is 2.26. The fourth-order valence-corrected chi connectivity index (χ4v) is 3.21. The Morgan fingerprint density at radius 3 is 2.65 bits per heavy atom. The minimum absolute atomic E-state index is 0.152. The molecule has 0 unspecified atom stereocenters. The molecular weight excluding hydrogens is 350 g/mol. The Bertz CT molecular complexity index is 964. The molecule has 0 atom stereocenters. The summed E-state index contributed by atoms with van der Waals surface area (Å²) >= 11 is 1.51. The molecule has 1 aromatic carbocycles. The fraction of sp³-hybridized carbons (Fsp3) is 0.211. The first kappa shape index (κ1) is 17.9. The van der Waals surface area contributed by atoms with E-state index in [1.54, 1.807) is 29.3 Å². The van der Waals surface area contributed by atoms with E-state index in [2.05, 4.69) is 10.1 Å². The Labute approximate surface area is 155 Å². The molecule has 3 rings (SSSR count). The van der Waals surface area contributed by atoms with Gasteiger partial charge < -0.3 is 9.15 Å². The first-order valence-corrected chi connectivity index (χ1v) is 8.97. The van der Waals surface area contributed by atoms with Crippen LogP contribution in [0.1, 0.15) is 29.8 Å². The van der Waals surface area contributed by atoms with Gasteiger partial charge in [-0.1, -0.05) is 12.1 Å². The normalized spacial score (nSPS) is 12.2. The smallest absolute Gasteiger partial charge is 0.337 e. The lowest BCUT2D eigenvalue weighted by atomic mass is 10.1. The van der Waals surface area contributed by atoms with Crippen molar-refractivity contribution in [3.63, 3.8) is 0 Å². The predicted molar refractivity (Wildman–Crippen MR) is 101 cm³/mol. The summed E-state index contributed by atoms with van der Waals surface area (Å²) in [4.78, 5) is 16.9. The highest BCUT2D eigenvalue weighted by Crippen LogP contribution is 2.20. The Hall–Kier alpha value is -2.93. The zero-order valence-electron chi connectivity index (χ0n) is 14.7. The molecule has 0 aliphatic carbocycles. The molecule has 0 fully saturated rings. The topological polar surface area (TPSA) is 69.1 Å². The van der Waals surface area contributed by atoms with Crippen LogP contribution in [0, 0.1) is 0 Å². The predicted octanol–water partition coefficient (Wildman–Crippen LogP) is 3.79. The molecule has 0 amide bonds. The number of carbonyl (C=O) groups excluding carboxylic acids is 1. The van der Waals surface area contributed by atoms with Gasteiger partial charge in [-0.15, -0.1) is 11.3 Å². The standard InChI is InChI=1S/C19H19N3O3S/c1-13(2)21-19-22(16(12-26-19)17-5-4-10-25-17)20-11-14-6-8-15(9-7-14)18(23)24-3/h4-13H,1-3H3. The number of furan rings is 1. The van der Waals surface area contributed by atoms with Crippen LogP contribution in [-0.2, 0) is 4.74 Å². The van der Waals surface area contributed by atoms with Crippen LogP contribution in [0.3, 0.4) is 0 Å². The molecule has 134 valence electrons. The average Bonchev–Trinajstić information content (AvgIpc) is 3.29. The third kappa shape index (κ3) is 4.00. The second kappa shape index (κ2) is 7.97. The van der Waals surface area contributed by atoms with Gasteiger partial charge in [0.05, 0.1) is 25.2 Å². The lowest BCUT2D eigenvalue weighted by molar-refractivity contribution is 0.0600. The molecule has 2 heterocycles. The number of hydrogen-bond donors (Lipinski definition) is 0. The number of esters is 1. The molecule has 0 N–H and O–H groups in total. The molecule has 2 aromatic heterocycles. The largest absolute Gasteiger partial charge is 0.465 e. The zero-order valence-corrected chi connectivity index (χ0v) is 15.6. The molecule has 0 spiro atoms. The third-order valence-electron chi connectivity index (χ3n) is 3.48. The van der Waals surface area contributed by atoms with Gasteiger partial charge in [0.25, 0.3) is 0 Å². The molecule has 0 aliphatic rings. The van der Waals surface area contributed by atoms with Crippen LogP contribution in [-0.4, -0.2) is 30.0 Å². The number of carbonyl (C=O) groups is 1. The van der Waals surface area contributed by atoms with Crippen molar-refractivity contribution in [1.29, 1.82) is 0 Å². The number of methoxy groups -OCH3 is 1. The molecule has 3 aromatic rings. The summed E-state index contributed by atoms with van der Waals surface area (Å²) in [7, 11) is 1.36. The van der Waals surface area contributed by atoms with Crippen molar-refractivity contribution in [3.8, 4) is 11.5 Å². The Kier molecular flexibility index (Phi) is 5.48. The minimum atomic E-state index is -0.362. The number of thiazole rings is 1. The molecule has 0 radical (unpaired) electrons. The van der Waals surface area contributed by atoms with Crippen molar-refractivity contribution in [3.05, 3.63) is 64.0 Å². The lowest BCUT2D eigenvalue weighted by Gasteiger charge is -2.02. The molecule has 6 nitrogen and oxygen atoms in total. The van der Waals surface area contributed by atoms with E-state index >= 15 is 0 Å². The van der Waals surface area contributed by atoms with Gasteiger partial charge in [-0.2, -0.15) is 5.10 Å². The number of aromatic nitrogens is 1. The summed E-state index contributed by atoms with van der Waals surface area (Å²) in [5.41, 5.74) is 2.19. The summed E-state index contributed by atoms with van der Waals surface area (Å²) in [5.74, 6) is 0.364. The van der Waals surface area contributed by atoms with Crippen molar-refractivity contribution >= 4 is 23.5 Å². The number of hydrogen-bond acceptors (Lipinski definition) is 6. The first-order valence-electron chi connectivity index (χ1n) is 8.09. The molecular formula is C19H19N3O3S. The van der Waals surface area contributed by atoms with Gasteiger partial charge in [0.2, 0.25) is 4.80 Å². The van der Waals surface area contributed by atoms with Crippen molar-refractivity contribution < 1.29 is 13.9 Å². The van der Waals surface area contributed by atoms with Crippen molar-refractivity contribution in [1.82, 2.24) is 4.68 Å². The SMILES string of the molecule is COC(=O)c1ccc(C=Nn2c(-c3ccco3)csc2=NC(C)C)cc1. The highest BCUT2D eigenvalue weighted by Gasteiger charge is 2.10. The van der Waals surface area contributed by atoms with Crippen LogP contribution in [0.5, 0.6) is 0 Å². The Balaban J connectivity index is 1.96. The van der Waals surface area contributed by atoms with Gasteiger partial charge in [0, 0.05) is 11.4 Å². The van der Waals surface area contributed by atoms with E-state index in [1.807, 2.05) is 43.5 Å². The Morgan fingerprint density at radius 2 is 2.04 bits per heavy atom. The first-order chi connectivity index (χ1) is 12.6. The van der Waals surface area contributed by atoms with Crippen LogP contribution < -0.4 is 4.80 Å². The second-order valence-corrected chi connectivity index (χ2v) is 6.61. The highest BCUT2D eigenvalue weighted by atomic mass is 32.1. The molecule has 26 heavy (non-hydrogen) atoms. The summed E-state index contributed by atoms with van der Waals surface area (Å²) in [6, 6.07) is 10.9. The van der Waals surface area contributed by atoms with E-state index in [9.17, 15) is 4.79 Å². The van der Waals surface area contributed by atoms with Gasteiger partial charge in [-0.3, -0.25) is 4.99 Å². The number of ether oxygens (including phenoxy) is 1. The van der Waals surface area contributed by atoms with Crippen molar-refractivity contribution in [2.75, 3.05) is 7.11 Å². The van der Waals surface area contributed by atoms with Crippen LogP contribution in [0.15, 0.2) is 62.6 Å².